The van der Waals surface area contributed by atoms with Crippen molar-refractivity contribution in [2.45, 2.75) is 84.7 Å². The average Bonchev–Trinajstić information content (AvgIpc) is 2.42. The van der Waals surface area contributed by atoms with Crippen LogP contribution in [0, 0.1) is 0 Å². The molecule has 0 aromatic rings. The summed E-state index contributed by atoms with van der Waals surface area (Å²) < 4.78 is 10.1. The van der Waals surface area contributed by atoms with Crippen molar-refractivity contribution in [1.29, 1.82) is 0 Å². The molecule has 4 nitrogen and oxygen atoms in total. The Kier molecular flexibility index (Phi) is 12.3. The number of unbranched alkanes of at least 4 members (excludes halogenated alkanes) is 6. The van der Waals surface area contributed by atoms with Crippen molar-refractivity contribution in [2.24, 2.45) is 0 Å². The SMILES string of the molecule is CCCCCCCCC(=O)OC(C)C(=O)OCCCC. The molecule has 118 valence electrons. The van der Waals surface area contributed by atoms with E-state index in [1.54, 1.807) is 6.92 Å². The summed E-state index contributed by atoms with van der Waals surface area (Å²) >= 11 is 0. The lowest BCUT2D eigenvalue weighted by Gasteiger charge is -2.12. The van der Waals surface area contributed by atoms with Crippen LogP contribution in [0.1, 0.15) is 78.6 Å². The van der Waals surface area contributed by atoms with Gasteiger partial charge in [-0.05, 0) is 19.8 Å². The molecule has 0 aromatic carbocycles. The van der Waals surface area contributed by atoms with Crippen molar-refractivity contribution in [2.75, 3.05) is 6.61 Å². The van der Waals surface area contributed by atoms with Gasteiger partial charge in [0.2, 0.25) is 0 Å². The first-order valence-corrected chi connectivity index (χ1v) is 7.97. The molecule has 0 amide bonds. The van der Waals surface area contributed by atoms with Crippen LogP contribution in [-0.4, -0.2) is 24.6 Å². The van der Waals surface area contributed by atoms with Gasteiger partial charge in [-0.3, -0.25) is 4.79 Å². The lowest BCUT2D eigenvalue weighted by molar-refractivity contribution is -0.166. The lowest BCUT2D eigenvalue weighted by atomic mass is 10.1. The van der Waals surface area contributed by atoms with Gasteiger partial charge in [-0.25, -0.2) is 4.79 Å². The smallest absolute Gasteiger partial charge is 0.347 e. The molecule has 1 atom stereocenters. The molecule has 0 radical (unpaired) electrons. The van der Waals surface area contributed by atoms with Gasteiger partial charge in [0.05, 0.1) is 6.61 Å². The standard InChI is InChI=1S/C16H30O4/c1-4-6-8-9-10-11-12-15(17)20-14(3)16(18)19-13-7-5-2/h14H,4-13H2,1-3H3. The molecule has 4 heteroatoms. The van der Waals surface area contributed by atoms with Crippen molar-refractivity contribution in [1.82, 2.24) is 0 Å². The maximum Gasteiger partial charge on any atom is 0.347 e. The molecule has 0 N–H and O–H groups in total. The molecule has 0 aliphatic heterocycles. The van der Waals surface area contributed by atoms with Gasteiger partial charge < -0.3 is 9.47 Å². The van der Waals surface area contributed by atoms with E-state index in [0.29, 0.717) is 13.0 Å². The van der Waals surface area contributed by atoms with Gasteiger partial charge in [0.1, 0.15) is 0 Å². The van der Waals surface area contributed by atoms with E-state index in [9.17, 15) is 9.59 Å². The predicted octanol–water partition coefficient (Wildman–Crippen LogP) is 4.01. The second kappa shape index (κ2) is 12.9. The molecule has 1 unspecified atom stereocenters. The molecule has 0 saturated heterocycles. The first-order chi connectivity index (χ1) is 9.61. The van der Waals surface area contributed by atoms with Gasteiger partial charge in [-0.15, -0.1) is 0 Å². The summed E-state index contributed by atoms with van der Waals surface area (Å²) in [5.41, 5.74) is 0. The minimum atomic E-state index is -0.792. The fourth-order valence-electron chi connectivity index (χ4n) is 1.79. The Bertz CT molecular complexity index is 263. The minimum absolute atomic E-state index is 0.305. The van der Waals surface area contributed by atoms with Gasteiger partial charge in [-0.1, -0.05) is 52.4 Å². The summed E-state index contributed by atoms with van der Waals surface area (Å²) in [7, 11) is 0. The van der Waals surface area contributed by atoms with Crippen molar-refractivity contribution in [3.05, 3.63) is 0 Å². The first kappa shape index (κ1) is 18.9. The normalized spacial score (nSPS) is 11.9. The number of carbonyl (C=O) groups is 2. The molecule has 0 spiro atoms. The Hall–Kier alpha value is -1.06. The maximum atomic E-state index is 11.5. The number of hydrogen-bond acceptors (Lipinski definition) is 4. The number of rotatable bonds is 12. The van der Waals surface area contributed by atoms with E-state index in [2.05, 4.69) is 6.92 Å². The Morgan fingerprint density at radius 1 is 0.900 bits per heavy atom. The molecule has 20 heavy (non-hydrogen) atoms. The van der Waals surface area contributed by atoms with Crippen molar-refractivity contribution in [3.8, 4) is 0 Å². The van der Waals surface area contributed by atoms with Crippen LogP contribution < -0.4 is 0 Å². The summed E-state index contributed by atoms with van der Waals surface area (Å²) in [6.45, 7) is 6.16. The van der Waals surface area contributed by atoms with E-state index in [1.165, 1.54) is 19.3 Å². The highest BCUT2D eigenvalue weighted by molar-refractivity contribution is 5.78. The monoisotopic (exact) mass is 286 g/mol. The number of hydrogen-bond donors (Lipinski definition) is 0. The van der Waals surface area contributed by atoms with Gasteiger partial charge in [0.15, 0.2) is 6.10 Å². The van der Waals surface area contributed by atoms with Crippen LogP contribution >= 0.6 is 0 Å². The largest absolute Gasteiger partial charge is 0.463 e. The highest BCUT2D eigenvalue weighted by Gasteiger charge is 2.18. The van der Waals surface area contributed by atoms with Crippen LogP contribution in [0.15, 0.2) is 0 Å². The third-order valence-corrected chi connectivity index (χ3v) is 3.12. The van der Waals surface area contributed by atoms with Gasteiger partial charge in [0, 0.05) is 6.42 Å². The Balaban J connectivity index is 3.60. The fourth-order valence-corrected chi connectivity index (χ4v) is 1.79. The molecule has 0 bridgehead atoms. The predicted molar refractivity (Wildman–Crippen MR) is 79.4 cm³/mol. The topological polar surface area (TPSA) is 52.6 Å². The highest BCUT2D eigenvalue weighted by atomic mass is 16.6. The van der Waals surface area contributed by atoms with Crippen LogP contribution in [-0.2, 0) is 19.1 Å². The van der Waals surface area contributed by atoms with Crippen LogP contribution in [0.3, 0.4) is 0 Å². The van der Waals surface area contributed by atoms with Crippen molar-refractivity contribution in [3.63, 3.8) is 0 Å². The summed E-state index contributed by atoms with van der Waals surface area (Å²) in [6.07, 6.45) is 8.15. The van der Waals surface area contributed by atoms with Crippen LogP contribution in [0.2, 0.25) is 0 Å². The molecule has 0 saturated carbocycles. The lowest BCUT2D eigenvalue weighted by Crippen LogP contribution is -2.26. The summed E-state index contributed by atoms with van der Waals surface area (Å²) in [6, 6.07) is 0. The molecular weight excluding hydrogens is 256 g/mol. The van der Waals surface area contributed by atoms with Crippen molar-refractivity contribution < 1.29 is 19.1 Å². The molecule has 0 fully saturated rings. The van der Waals surface area contributed by atoms with Crippen LogP contribution in [0.5, 0.6) is 0 Å². The third-order valence-electron chi connectivity index (χ3n) is 3.12. The molecule has 0 rings (SSSR count). The highest BCUT2D eigenvalue weighted by Crippen LogP contribution is 2.08. The number of carbonyl (C=O) groups excluding carboxylic acids is 2. The van der Waals surface area contributed by atoms with Gasteiger partial charge >= 0.3 is 11.9 Å². The molecule has 0 aromatic heterocycles. The van der Waals surface area contributed by atoms with E-state index in [1.807, 2.05) is 6.92 Å². The Morgan fingerprint density at radius 2 is 1.50 bits per heavy atom. The Morgan fingerprint density at radius 3 is 2.15 bits per heavy atom. The summed E-state index contributed by atoms with van der Waals surface area (Å²) in [4.78, 5) is 23.0. The van der Waals surface area contributed by atoms with Crippen molar-refractivity contribution >= 4 is 11.9 Å². The molecule has 0 aliphatic rings. The van der Waals surface area contributed by atoms with Crippen LogP contribution in [0.4, 0.5) is 0 Å². The maximum absolute atomic E-state index is 11.5. The van der Waals surface area contributed by atoms with Gasteiger partial charge in [0.25, 0.3) is 0 Å². The molecule has 0 aliphatic carbocycles. The van der Waals surface area contributed by atoms with E-state index < -0.39 is 12.1 Å². The Labute approximate surface area is 123 Å². The van der Waals surface area contributed by atoms with Crippen LogP contribution in [0.25, 0.3) is 0 Å². The summed E-state index contributed by atoms with van der Waals surface area (Å²) in [5, 5.41) is 0. The molecule has 0 heterocycles. The third kappa shape index (κ3) is 10.8. The zero-order chi connectivity index (χ0) is 15.2. The number of ether oxygens (including phenoxy) is 2. The van der Waals surface area contributed by atoms with E-state index in [0.717, 1.165) is 32.1 Å². The van der Waals surface area contributed by atoms with E-state index >= 15 is 0 Å². The fraction of sp³-hybridized carbons (Fsp3) is 0.875. The zero-order valence-electron chi connectivity index (χ0n) is 13.3. The summed E-state index contributed by atoms with van der Waals surface area (Å²) in [5.74, 6) is -0.754. The quantitative estimate of drug-likeness (QED) is 0.402. The number of esters is 2. The molecular formula is C16H30O4. The first-order valence-electron chi connectivity index (χ1n) is 7.97. The second-order valence-electron chi connectivity index (χ2n) is 5.17. The minimum Gasteiger partial charge on any atom is -0.463 e. The van der Waals surface area contributed by atoms with E-state index in [4.69, 9.17) is 9.47 Å². The van der Waals surface area contributed by atoms with Gasteiger partial charge in [-0.2, -0.15) is 0 Å². The second-order valence-corrected chi connectivity index (χ2v) is 5.17. The zero-order valence-corrected chi connectivity index (χ0v) is 13.3. The van der Waals surface area contributed by atoms with E-state index in [-0.39, 0.29) is 5.97 Å². The average molecular weight is 286 g/mol.